The molecule has 0 saturated heterocycles. The van der Waals surface area contributed by atoms with E-state index in [4.69, 9.17) is 4.52 Å². The fourth-order valence-corrected chi connectivity index (χ4v) is 2.45. The van der Waals surface area contributed by atoms with Crippen LogP contribution in [0.2, 0.25) is 0 Å². The molecule has 0 aliphatic heterocycles. The molecule has 3 rings (SSSR count). The summed E-state index contributed by atoms with van der Waals surface area (Å²) < 4.78 is 5.08. The topological polar surface area (TPSA) is 83.8 Å². The van der Waals surface area contributed by atoms with Crippen LogP contribution >= 0.6 is 0 Å². The van der Waals surface area contributed by atoms with E-state index in [1.807, 2.05) is 45.0 Å². The van der Waals surface area contributed by atoms with E-state index in [9.17, 15) is 4.79 Å². The van der Waals surface area contributed by atoms with Crippen LogP contribution in [-0.4, -0.2) is 21.0 Å². The Morgan fingerprint density at radius 1 is 1.36 bits per heavy atom. The molecule has 2 aromatic heterocycles. The Labute approximate surface area is 127 Å². The molecule has 1 aromatic carbocycles. The number of imidazole rings is 1. The summed E-state index contributed by atoms with van der Waals surface area (Å²) in [6, 6.07) is 7.59. The Morgan fingerprint density at radius 3 is 2.82 bits per heavy atom. The maximum absolute atomic E-state index is 12.2. The first-order chi connectivity index (χ1) is 10.5. The van der Waals surface area contributed by atoms with E-state index in [0.717, 1.165) is 28.1 Å². The molecule has 2 N–H and O–H groups in total. The van der Waals surface area contributed by atoms with E-state index in [0.29, 0.717) is 5.76 Å². The van der Waals surface area contributed by atoms with Gasteiger partial charge in [-0.3, -0.25) is 4.79 Å². The van der Waals surface area contributed by atoms with Gasteiger partial charge in [0.25, 0.3) is 0 Å². The number of nitrogens with one attached hydrogen (secondary N) is 2. The third-order valence-corrected chi connectivity index (χ3v) is 3.71. The van der Waals surface area contributed by atoms with Gasteiger partial charge in [0.05, 0.1) is 29.2 Å². The second-order valence-electron chi connectivity index (χ2n) is 5.41. The minimum Gasteiger partial charge on any atom is -0.361 e. The molecular formula is C16H18N4O2. The molecule has 0 fully saturated rings. The molecule has 0 spiro atoms. The van der Waals surface area contributed by atoms with Gasteiger partial charge >= 0.3 is 0 Å². The van der Waals surface area contributed by atoms with Crippen LogP contribution in [0.1, 0.15) is 35.8 Å². The molecule has 6 nitrogen and oxygen atoms in total. The quantitative estimate of drug-likeness (QED) is 0.775. The van der Waals surface area contributed by atoms with Gasteiger partial charge in [-0.15, -0.1) is 0 Å². The summed E-state index contributed by atoms with van der Waals surface area (Å²) in [7, 11) is 0. The van der Waals surface area contributed by atoms with Gasteiger partial charge < -0.3 is 14.8 Å². The van der Waals surface area contributed by atoms with Crippen LogP contribution in [0.15, 0.2) is 28.8 Å². The van der Waals surface area contributed by atoms with Crippen LogP contribution in [0.4, 0.5) is 0 Å². The van der Waals surface area contributed by atoms with Gasteiger partial charge in [0.15, 0.2) is 0 Å². The minimum absolute atomic E-state index is 0.0812. The largest absolute Gasteiger partial charge is 0.361 e. The highest BCUT2D eigenvalue weighted by atomic mass is 16.5. The van der Waals surface area contributed by atoms with Crippen molar-refractivity contribution >= 4 is 16.9 Å². The van der Waals surface area contributed by atoms with Crippen molar-refractivity contribution in [3.05, 3.63) is 47.1 Å². The number of aryl methyl sites for hydroxylation is 2. The summed E-state index contributed by atoms with van der Waals surface area (Å²) in [5.41, 5.74) is 3.45. The SMILES string of the molecule is Cc1noc(C)c1CC(=O)N[C@@H](C)c1nc2ccccc2[nH]1. The molecule has 114 valence electrons. The number of benzene rings is 1. The van der Waals surface area contributed by atoms with Gasteiger partial charge in [0.1, 0.15) is 11.6 Å². The lowest BCUT2D eigenvalue weighted by Crippen LogP contribution is -2.29. The number of para-hydroxylation sites is 2. The van der Waals surface area contributed by atoms with E-state index in [2.05, 4.69) is 20.4 Å². The van der Waals surface area contributed by atoms with E-state index in [1.54, 1.807) is 0 Å². The Bertz CT molecular complexity index is 766. The summed E-state index contributed by atoms with van der Waals surface area (Å²) in [5, 5.41) is 6.81. The van der Waals surface area contributed by atoms with Crippen molar-refractivity contribution in [3.63, 3.8) is 0 Å². The number of aromatic amines is 1. The summed E-state index contributed by atoms with van der Waals surface area (Å²) in [4.78, 5) is 19.9. The van der Waals surface area contributed by atoms with Gasteiger partial charge in [-0.05, 0) is 32.9 Å². The first-order valence-corrected chi connectivity index (χ1v) is 7.20. The molecular weight excluding hydrogens is 280 g/mol. The predicted octanol–water partition coefficient (Wildman–Crippen LogP) is 2.59. The van der Waals surface area contributed by atoms with E-state index in [-0.39, 0.29) is 18.4 Å². The number of aromatic nitrogens is 3. The van der Waals surface area contributed by atoms with Crippen LogP contribution in [-0.2, 0) is 11.2 Å². The number of amides is 1. The van der Waals surface area contributed by atoms with Crippen LogP contribution in [0, 0.1) is 13.8 Å². The first-order valence-electron chi connectivity index (χ1n) is 7.20. The van der Waals surface area contributed by atoms with Crippen LogP contribution in [0.3, 0.4) is 0 Å². The Balaban J connectivity index is 1.70. The predicted molar refractivity (Wildman–Crippen MR) is 82.3 cm³/mol. The lowest BCUT2D eigenvalue weighted by Gasteiger charge is -2.11. The highest BCUT2D eigenvalue weighted by molar-refractivity contribution is 5.80. The Kier molecular flexibility index (Phi) is 3.66. The van der Waals surface area contributed by atoms with Crippen LogP contribution in [0.25, 0.3) is 11.0 Å². The number of hydrogen-bond acceptors (Lipinski definition) is 4. The number of rotatable bonds is 4. The zero-order chi connectivity index (χ0) is 15.7. The number of hydrogen-bond donors (Lipinski definition) is 2. The van der Waals surface area contributed by atoms with E-state index < -0.39 is 0 Å². The fraction of sp³-hybridized carbons (Fsp3) is 0.312. The maximum Gasteiger partial charge on any atom is 0.225 e. The third kappa shape index (κ3) is 2.72. The number of carbonyl (C=O) groups excluding carboxylic acids is 1. The molecule has 1 amide bonds. The molecule has 0 radical (unpaired) electrons. The van der Waals surface area contributed by atoms with Crippen molar-refractivity contribution in [2.45, 2.75) is 33.2 Å². The van der Waals surface area contributed by atoms with Gasteiger partial charge in [-0.2, -0.15) is 0 Å². The number of fused-ring (bicyclic) bond motifs is 1. The van der Waals surface area contributed by atoms with Crippen molar-refractivity contribution in [2.24, 2.45) is 0 Å². The molecule has 0 saturated carbocycles. The second-order valence-corrected chi connectivity index (χ2v) is 5.41. The number of nitrogens with zero attached hydrogens (tertiary/aromatic N) is 2. The second kappa shape index (κ2) is 5.63. The summed E-state index contributed by atoms with van der Waals surface area (Å²) in [6.45, 7) is 5.55. The highest BCUT2D eigenvalue weighted by Crippen LogP contribution is 2.17. The molecule has 0 aliphatic rings. The van der Waals surface area contributed by atoms with Crippen molar-refractivity contribution in [1.82, 2.24) is 20.4 Å². The molecule has 2 heterocycles. The van der Waals surface area contributed by atoms with Gasteiger partial charge in [-0.25, -0.2) is 4.98 Å². The van der Waals surface area contributed by atoms with E-state index in [1.165, 1.54) is 0 Å². The Hall–Kier alpha value is -2.63. The minimum atomic E-state index is -0.194. The van der Waals surface area contributed by atoms with Crippen LogP contribution in [0.5, 0.6) is 0 Å². The Morgan fingerprint density at radius 2 is 2.14 bits per heavy atom. The summed E-state index contributed by atoms with van der Waals surface area (Å²) >= 11 is 0. The molecule has 0 bridgehead atoms. The van der Waals surface area contributed by atoms with Gasteiger partial charge in [-0.1, -0.05) is 17.3 Å². The summed E-state index contributed by atoms with van der Waals surface area (Å²) in [6.07, 6.45) is 0.256. The van der Waals surface area contributed by atoms with Gasteiger partial charge in [0.2, 0.25) is 5.91 Å². The van der Waals surface area contributed by atoms with Crippen LogP contribution < -0.4 is 5.32 Å². The maximum atomic E-state index is 12.2. The molecule has 6 heteroatoms. The molecule has 1 atom stereocenters. The average Bonchev–Trinajstić information content (AvgIpc) is 3.05. The number of carbonyl (C=O) groups is 1. The van der Waals surface area contributed by atoms with E-state index >= 15 is 0 Å². The van der Waals surface area contributed by atoms with Crippen molar-refractivity contribution in [3.8, 4) is 0 Å². The fourth-order valence-electron chi connectivity index (χ4n) is 2.45. The van der Waals surface area contributed by atoms with Crippen molar-refractivity contribution < 1.29 is 9.32 Å². The van der Waals surface area contributed by atoms with Crippen molar-refractivity contribution in [2.75, 3.05) is 0 Å². The third-order valence-electron chi connectivity index (χ3n) is 3.71. The zero-order valence-electron chi connectivity index (χ0n) is 12.8. The summed E-state index contributed by atoms with van der Waals surface area (Å²) in [5.74, 6) is 1.35. The molecule has 0 unspecified atom stereocenters. The zero-order valence-corrected chi connectivity index (χ0v) is 12.8. The first kappa shape index (κ1) is 14.3. The lowest BCUT2D eigenvalue weighted by atomic mass is 10.1. The standard InChI is InChI=1S/C16H18N4O2/c1-9-12(11(3)22-20-9)8-15(21)17-10(2)16-18-13-6-4-5-7-14(13)19-16/h4-7,10H,8H2,1-3H3,(H,17,21)(H,18,19)/t10-/m0/s1. The average molecular weight is 298 g/mol. The molecule has 0 aliphatic carbocycles. The normalized spacial score (nSPS) is 12.5. The highest BCUT2D eigenvalue weighted by Gasteiger charge is 2.17. The number of H-pyrrole nitrogens is 1. The van der Waals surface area contributed by atoms with Gasteiger partial charge in [0, 0.05) is 5.56 Å². The monoisotopic (exact) mass is 298 g/mol. The van der Waals surface area contributed by atoms with Crippen molar-refractivity contribution in [1.29, 1.82) is 0 Å². The lowest BCUT2D eigenvalue weighted by molar-refractivity contribution is -0.121. The molecule has 3 aromatic rings. The smallest absolute Gasteiger partial charge is 0.225 e. The molecule has 22 heavy (non-hydrogen) atoms.